The third-order valence-electron chi connectivity index (χ3n) is 3.74. The molecule has 3 rings (SSSR count). The number of rotatable bonds is 4. The Morgan fingerprint density at radius 1 is 1.55 bits per heavy atom. The average Bonchev–Trinajstić information content (AvgIpc) is 3.04. The number of carbonyl (C=O) groups is 1. The van der Waals surface area contributed by atoms with Gasteiger partial charge in [-0.05, 0) is 19.3 Å². The number of nitrogens with one attached hydrogen (secondary N) is 1. The second-order valence-corrected chi connectivity index (χ2v) is 6.10. The fraction of sp³-hybridized carbons (Fsp3) is 0.500. The van der Waals surface area contributed by atoms with Gasteiger partial charge in [0, 0.05) is 24.3 Å². The van der Waals surface area contributed by atoms with E-state index in [1.165, 1.54) is 0 Å². The standard InChI is InChI=1S/C14H17N3O2S/c1-2-6-15-12(18)7-9-8-20-14-16-11-5-3-4-10(11)13(19)17(9)14/h2,9H,1,3-8H2,(H,15,18). The lowest BCUT2D eigenvalue weighted by Crippen LogP contribution is -2.32. The molecule has 1 aromatic heterocycles. The maximum absolute atomic E-state index is 12.5. The van der Waals surface area contributed by atoms with Crippen molar-refractivity contribution in [2.45, 2.75) is 36.9 Å². The van der Waals surface area contributed by atoms with Gasteiger partial charge >= 0.3 is 0 Å². The summed E-state index contributed by atoms with van der Waals surface area (Å²) in [5, 5.41) is 3.53. The van der Waals surface area contributed by atoms with Crippen molar-refractivity contribution in [3.05, 3.63) is 34.3 Å². The van der Waals surface area contributed by atoms with Crippen LogP contribution in [-0.4, -0.2) is 27.8 Å². The van der Waals surface area contributed by atoms with Crippen LogP contribution in [0.3, 0.4) is 0 Å². The van der Waals surface area contributed by atoms with Crippen LogP contribution in [-0.2, 0) is 17.6 Å². The van der Waals surface area contributed by atoms with Crippen molar-refractivity contribution >= 4 is 17.7 Å². The molecule has 0 saturated heterocycles. The van der Waals surface area contributed by atoms with E-state index < -0.39 is 0 Å². The van der Waals surface area contributed by atoms with Crippen molar-refractivity contribution in [2.24, 2.45) is 0 Å². The Kier molecular flexibility index (Phi) is 3.65. The molecule has 106 valence electrons. The van der Waals surface area contributed by atoms with Gasteiger partial charge in [0.15, 0.2) is 5.16 Å². The van der Waals surface area contributed by atoms with Crippen molar-refractivity contribution in [3.8, 4) is 0 Å². The average molecular weight is 291 g/mol. The zero-order valence-electron chi connectivity index (χ0n) is 11.2. The Balaban J connectivity index is 1.85. The minimum Gasteiger partial charge on any atom is -0.353 e. The lowest BCUT2D eigenvalue weighted by molar-refractivity contribution is -0.121. The van der Waals surface area contributed by atoms with Crippen molar-refractivity contribution in [1.82, 2.24) is 14.9 Å². The summed E-state index contributed by atoms with van der Waals surface area (Å²) >= 11 is 1.57. The van der Waals surface area contributed by atoms with E-state index in [2.05, 4.69) is 16.9 Å². The van der Waals surface area contributed by atoms with Gasteiger partial charge in [0.25, 0.3) is 5.56 Å². The summed E-state index contributed by atoms with van der Waals surface area (Å²) < 4.78 is 1.72. The van der Waals surface area contributed by atoms with E-state index >= 15 is 0 Å². The molecule has 0 saturated carbocycles. The minimum atomic E-state index is -0.0780. The maximum atomic E-state index is 12.5. The SMILES string of the molecule is C=CCNC(=O)CC1CSc2nc3c(c(=O)n21)CCC3. The summed E-state index contributed by atoms with van der Waals surface area (Å²) in [7, 11) is 0. The molecule has 0 fully saturated rings. The third-order valence-corrected chi connectivity index (χ3v) is 4.83. The number of hydrogen-bond acceptors (Lipinski definition) is 4. The molecular weight excluding hydrogens is 274 g/mol. The first-order chi connectivity index (χ1) is 9.70. The van der Waals surface area contributed by atoms with Crippen LogP contribution in [0.5, 0.6) is 0 Å². The van der Waals surface area contributed by atoms with Crippen LogP contribution in [0.1, 0.15) is 30.1 Å². The highest BCUT2D eigenvalue weighted by Crippen LogP contribution is 2.33. The number of carbonyl (C=O) groups excluding carboxylic acids is 1. The number of fused-ring (bicyclic) bond motifs is 2. The molecule has 1 aliphatic heterocycles. The van der Waals surface area contributed by atoms with Gasteiger partial charge in [0.05, 0.1) is 11.7 Å². The largest absolute Gasteiger partial charge is 0.353 e. The maximum Gasteiger partial charge on any atom is 0.257 e. The summed E-state index contributed by atoms with van der Waals surface area (Å²) in [6.07, 6.45) is 4.71. The Hall–Kier alpha value is -1.56. The summed E-state index contributed by atoms with van der Waals surface area (Å²) in [5.41, 5.74) is 1.88. The predicted molar refractivity (Wildman–Crippen MR) is 78.1 cm³/mol. The highest BCUT2D eigenvalue weighted by molar-refractivity contribution is 7.99. The summed E-state index contributed by atoms with van der Waals surface area (Å²) in [4.78, 5) is 28.9. The van der Waals surface area contributed by atoms with E-state index in [-0.39, 0.29) is 17.5 Å². The highest BCUT2D eigenvalue weighted by atomic mass is 32.2. The van der Waals surface area contributed by atoms with Crippen molar-refractivity contribution < 1.29 is 4.79 Å². The van der Waals surface area contributed by atoms with Gasteiger partial charge in [-0.15, -0.1) is 6.58 Å². The smallest absolute Gasteiger partial charge is 0.257 e. The molecule has 0 bridgehead atoms. The quantitative estimate of drug-likeness (QED) is 0.666. The molecule has 20 heavy (non-hydrogen) atoms. The number of nitrogens with zero attached hydrogens (tertiary/aromatic N) is 2. The molecule has 1 N–H and O–H groups in total. The summed E-state index contributed by atoms with van der Waals surface area (Å²) in [5.74, 6) is 0.697. The van der Waals surface area contributed by atoms with E-state index in [1.54, 1.807) is 22.4 Å². The number of amides is 1. The number of aromatic nitrogens is 2. The Labute approximate surface area is 121 Å². The number of thioether (sulfide) groups is 1. The van der Waals surface area contributed by atoms with E-state index in [1.807, 2.05) is 0 Å². The van der Waals surface area contributed by atoms with Gasteiger partial charge < -0.3 is 5.32 Å². The molecule has 1 aliphatic carbocycles. The third kappa shape index (κ3) is 2.28. The lowest BCUT2D eigenvalue weighted by atomic mass is 10.2. The Bertz CT molecular complexity index is 624. The molecule has 5 nitrogen and oxygen atoms in total. The van der Waals surface area contributed by atoms with Gasteiger partial charge in [0.1, 0.15) is 0 Å². The monoisotopic (exact) mass is 291 g/mol. The molecule has 1 atom stereocenters. The second-order valence-electron chi connectivity index (χ2n) is 5.11. The van der Waals surface area contributed by atoms with E-state index in [0.717, 1.165) is 41.4 Å². The second kappa shape index (κ2) is 5.44. The Morgan fingerprint density at radius 2 is 2.40 bits per heavy atom. The van der Waals surface area contributed by atoms with Gasteiger partial charge in [0.2, 0.25) is 5.91 Å². The summed E-state index contributed by atoms with van der Waals surface area (Å²) in [6.45, 7) is 4.03. The fourth-order valence-corrected chi connectivity index (χ4v) is 3.93. The molecule has 6 heteroatoms. The number of aryl methyl sites for hydroxylation is 1. The van der Waals surface area contributed by atoms with Crippen LogP contribution in [0.25, 0.3) is 0 Å². The fourth-order valence-electron chi connectivity index (χ4n) is 2.77. The van der Waals surface area contributed by atoms with Crippen molar-refractivity contribution in [2.75, 3.05) is 12.3 Å². The summed E-state index contributed by atoms with van der Waals surface area (Å²) in [6, 6.07) is -0.0780. The Morgan fingerprint density at radius 3 is 3.20 bits per heavy atom. The molecule has 2 aliphatic rings. The molecule has 1 aromatic rings. The van der Waals surface area contributed by atoms with Crippen LogP contribution in [0, 0.1) is 0 Å². The van der Waals surface area contributed by atoms with E-state index in [4.69, 9.17) is 0 Å². The minimum absolute atomic E-state index is 0.0456. The molecule has 0 radical (unpaired) electrons. The lowest BCUT2D eigenvalue weighted by Gasteiger charge is -2.14. The molecular formula is C14H17N3O2S. The molecule has 2 heterocycles. The molecule has 0 aromatic carbocycles. The first-order valence-corrected chi connectivity index (χ1v) is 7.84. The zero-order valence-corrected chi connectivity index (χ0v) is 12.0. The first kappa shape index (κ1) is 13.4. The molecule has 1 unspecified atom stereocenters. The zero-order chi connectivity index (χ0) is 14.1. The van der Waals surface area contributed by atoms with Gasteiger partial charge in [-0.25, -0.2) is 4.98 Å². The van der Waals surface area contributed by atoms with Crippen LogP contribution >= 0.6 is 11.8 Å². The number of hydrogen-bond donors (Lipinski definition) is 1. The molecule has 1 amide bonds. The van der Waals surface area contributed by atoms with Crippen LogP contribution in [0.2, 0.25) is 0 Å². The van der Waals surface area contributed by atoms with Crippen LogP contribution in [0.15, 0.2) is 22.6 Å². The topological polar surface area (TPSA) is 64.0 Å². The van der Waals surface area contributed by atoms with E-state index in [9.17, 15) is 9.59 Å². The van der Waals surface area contributed by atoms with E-state index in [0.29, 0.717) is 13.0 Å². The van der Waals surface area contributed by atoms with Gasteiger partial charge in [-0.1, -0.05) is 17.8 Å². The molecule has 0 spiro atoms. The van der Waals surface area contributed by atoms with Gasteiger partial charge in [-0.2, -0.15) is 0 Å². The van der Waals surface area contributed by atoms with Gasteiger partial charge in [-0.3, -0.25) is 14.2 Å². The van der Waals surface area contributed by atoms with Crippen LogP contribution < -0.4 is 10.9 Å². The highest BCUT2D eigenvalue weighted by Gasteiger charge is 2.30. The van der Waals surface area contributed by atoms with Crippen LogP contribution in [0.4, 0.5) is 0 Å². The predicted octanol–water partition coefficient (Wildman–Crippen LogP) is 1.07. The van der Waals surface area contributed by atoms with Crippen molar-refractivity contribution in [1.29, 1.82) is 0 Å². The first-order valence-electron chi connectivity index (χ1n) is 6.85. The normalized spacial score (nSPS) is 19.5. The van der Waals surface area contributed by atoms with Crippen molar-refractivity contribution in [3.63, 3.8) is 0 Å².